The van der Waals surface area contributed by atoms with Gasteiger partial charge in [-0.25, -0.2) is 19.2 Å². The molecule has 0 bridgehead atoms. The van der Waals surface area contributed by atoms with Gasteiger partial charge < -0.3 is 86.4 Å². The maximum absolute atomic E-state index is 13.7. The Labute approximate surface area is 636 Å². The highest BCUT2D eigenvalue weighted by Crippen LogP contribution is 2.38. The average Bonchev–Trinajstić information content (AvgIpc) is 0.793. The Hall–Kier alpha value is -8.28. The van der Waals surface area contributed by atoms with Gasteiger partial charge in [-0.05, 0) is 166 Å². The predicted octanol–water partition coefficient (Wildman–Crippen LogP) is 5.53. The van der Waals surface area contributed by atoms with Crippen molar-refractivity contribution in [2.24, 2.45) is 0 Å². The van der Waals surface area contributed by atoms with Crippen LogP contribution in [0.3, 0.4) is 0 Å². The lowest BCUT2D eigenvalue weighted by Gasteiger charge is -2.28. The summed E-state index contributed by atoms with van der Waals surface area (Å²) in [4.78, 5) is 162. The van der Waals surface area contributed by atoms with Crippen LogP contribution in [0.5, 0.6) is 0 Å². The third kappa shape index (κ3) is 39.9. The Morgan fingerprint density at radius 2 is 1.02 bits per heavy atom. The third-order valence-electron chi connectivity index (χ3n) is 16.8. The van der Waals surface area contributed by atoms with Crippen LogP contribution < -0.4 is 47.2 Å². The highest BCUT2D eigenvalue weighted by atomic mass is 127. The van der Waals surface area contributed by atoms with Crippen molar-refractivity contribution in [3.8, 4) is 0 Å². The molecule has 0 aliphatic carbocycles. The summed E-state index contributed by atoms with van der Waals surface area (Å²) in [7, 11) is -4.62. The van der Waals surface area contributed by atoms with Gasteiger partial charge in [0.15, 0.2) is 0 Å². The Bertz CT molecular complexity index is 3440. The first-order valence-corrected chi connectivity index (χ1v) is 38.7. The normalized spacial score (nSPS) is 14.2. The standard InChI is InChI=1S/C73H105IN9O23P/c1-50-48-53-16-6-8-20-61(53)83(49-54-17-5-7-18-56(50)54)68(90)33-32-64(86)77-38-41-103-43-45-105-47-46-104-44-42-102-40-35-67(89)79-57(70(93)81-58(71(94)95)19-9-11-37-75-62(84)22-12-15-52-23-25-55(74)26-24-52)27-30-63(85)76-36-10-3-4-21-65(87)80-59(72(96)97)28-31-66(88)78-51(2)14-13-39-106-107(100,101)82-60(73(98)99)29-34-69(91)92/h5-8,16-18,20,23-26,48,51,57-60H,3-4,9-15,19,21-22,27-47,49H2,1-2H3,(H,75,84)(H,76,85)(H,77,86)(H,78,88)(H,79,89)(H,80,87)(H,81,93)(H,91,92)(H,94,95)(H,96,97)(H,98,99)(H2,82,100,101)/b50-48-/t51-,57?,58?,59+,60?/m1/s1. The number of hydrogen-bond donors (Lipinski definition) is 13. The van der Waals surface area contributed by atoms with Crippen molar-refractivity contribution in [2.75, 3.05) is 84.0 Å². The zero-order chi connectivity index (χ0) is 78.4. The molecule has 1 aliphatic heterocycles. The van der Waals surface area contributed by atoms with E-state index >= 15 is 0 Å². The Kier molecular flexibility index (Phi) is 44.2. The molecule has 592 valence electrons. The number of nitrogens with zero attached hydrogens (tertiary/aromatic N) is 1. The van der Waals surface area contributed by atoms with E-state index in [0.717, 1.165) is 43.5 Å². The second kappa shape index (κ2) is 51.9. The first-order chi connectivity index (χ1) is 51.2. The van der Waals surface area contributed by atoms with Gasteiger partial charge in [0.2, 0.25) is 47.3 Å². The summed E-state index contributed by atoms with van der Waals surface area (Å²) in [6.07, 6.45) is 3.82. The number of fused-ring (bicyclic) bond motifs is 2. The van der Waals surface area contributed by atoms with Crippen LogP contribution in [0.25, 0.3) is 11.6 Å². The number of amides is 8. The van der Waals surface area contributed by atoms with Crippen molar-refractivity contribution >= 4 is 119 Å². The molecule has 34 heteroatoms. The van der Waals surface area contributed by atoms with Crippen molar-refractivity contribution in [1.82, 2.24) is 42.3 Å². The van der Waals surface area contributed by atoms with Crippen LogP contribution in [0.15, 0.2) is 72.8 Å². The number of unbranched alkanes of at least 4 members (excludes halogenated alkanes) is 3. The Morgan fingerprint density at radius 3 is 1.69 bits per heavy atom. The molecule has 6 atom stereocenters. The van der Waals surface area contributed by atoms with Gasteiger partial charge in [-0.1, -0.05) is 61.0 Å². The van der Waals surface area contributed by atoms with Crippen LogP contribution in [0.4, 0.5) is 5.69 Å². The molecule has 1 aliphatic rings. The number of para-hydroxylation sites is 1. The molecule has 3 aromatic carbocycles. The molecule has 1 heterocycles. The number of anilines is 1. The fraction of sp³-hybridized carbons (Fsp3) is 0.562. The Balaban J connectivity index is 1.11. The molecule has 0 fully saturated rings. The van der Waals surface area contributed by atoms with Gasteiger partial charge in [0.1, 0.15) is 24.2 Å². The van der Waals surface area contributed by atoms with Gasteiger partial charge in [-0.15, -0.1) is 0 Å². The molecule has 0 saturated heterocycles. The molecule has 32 nitrogen and oxygen atoms in total. The van der Waals surface area contributed by atoms with E-state index in [0.29, 0.717) is 58.0 Å². The van der Waals surface area contributed by atoms with E-state index in [1.165, 1.54) is 0 Å². The number of aryl methyl sites for hydroxylation is 1. The molecular weight excluding hydrogens is 1530 g/mol. The van der Waals surface area contributed by atoms with Crippen LogP contribution in [0.1, 0.15) is 165 Å². The fourth-order valence-corrected chi connectivity index (χ4v) is 12.4. The van der Waals surface area contributed by atoms with E-state index in [9.17, 15) is 82.3 Å². The van der Waals surface area contributed by atoms with Gasteiger partial charge in [-0.2, -0.15) is 0 Å². The first-order valence-electron chi connectivity index (χ1n) is 36.0. The lowest BCUT2D eigenvalue weighted by molar-refractivity contribution is -0.143. The summed E-state index contributed by atoms with van der Waals surface area (Å²) in [5, 5.41) is 58.2. The van der Waals surface area contributed by atoms with Gasteiger partial charge in [0, 0.05) is 80.6 Å². The zero-order valence-electron chi connectivity index (χ0n) is 60.8. The number of rotatable bonds is 57. The second-order valence-electron chi connectivity index (χ2n) is 25.5. The van der Waals surface area contributed by atoms with Crippen molar-refractivity contribution in [3.05, 3.63) is 98.6 Å². The third-order valence-corrected chi connectivity index (χ3v) is 18.7. The minimum absolute atomic E-state index is 0.00820. The van der Waals surface area contributed by atoms with E-state index in [1.807, 2.05) is 77.9 Å². The lowest BCUT2D eigenvalue weighted by Crippen LogP contribution is -2.52. The topological polar surface area (TPSA) is 469 Å². The summed E-state index contributed by atoms with van der Waals surface area (Å²) in [5.74, 6) is -9.15. The summed E-state index contributed by atoms with van der Waals surface area (Å²) in [6, 6.07) is 17.5. The number of carboxylic acid groups (broad SMARTS) is 4. The van der Waals surface area contributed by atoms with Crippen LogP contribution in [-0.2, 0) is 98.5 Å². The van der Waals surface area contributed by atoms with E-state index < -0.39 is 104 Å². The summed E-state index contributed by atoms with van der Waals surface area (Å²) in [5.41, 5.74) is 6.04. The summed E-state index contributed by atoms with van der Waals surface area (Å²) < 4.78 is 40.6. The number of hydrogen-bond acceptors (Lipinski definition) is 18. The van der Waals surface area contributed by atoms with E-state index in [4.69, 9.17) is 28.6 Å². The summed E-state index contributed by atoms with van der Waals surface area (Å²) >= 11 is 2.22. The average molecular weight is 1630 g/mol. The fourth-order valence-electron chi connectivity index (χ4n) is 11.0. The zero-order valence-corrected chi connectivity index (χ0v) is 63.8. The smallest absolute Gasteiger partial charge is 0.403 e. The van der Waals surface area contributed by atoms with Crippen LogP contribution >= 0.6 is 30.3 Å². The number of nitrogens with one attached hydrogen (secondary N) is 8. The van der Waals surface area contributed by atoms with Crippen LogP contribution in [-0.4, -0.2) is 206 Å². The number of aliphatic carboxylic acids is 4. The molecular formula is C73H105IN9O23P. The number of carbonyl (C=O) groups is 12. The van der Waals surface area contributed by atoms with Crippen molar-refractivity contribution in [3.63, 3.8) is 0 Å². The van der Waals surface area contributed by atoms with Gasteiger partial charge in [-0.3, -0.25) is 52.5 Å². The number of ether oxygens (including phenoxy) is 4. The van der Waals surface area contributed by atoms with Crippen LogP contribution in [0.2, 0.25) is 0 Å². The molecule has 13 N–H and O–H groups in total. The van der Waals surface area contributed by atoms with Gasteiger partial charge in [0.25, 0.3) is 0 Å². The molecule has 107 heavy (non-hydrogen) atoms. The monoisotopic (exact) mass is 1630 g/mol. The molecule has 3 aromatic rings. The highest BCUT2D eigenvalue weighted by molar-refractivity contribution is 14.1. The molecule has 4 rings (SSSR count). The quantitative estimate of drug-likeness (QED) is 0.0188. The number of carboxylic acids is 4. The predicted molar refractivity (Wildman–Crippen MR) is 402 cm³/mol. The lowest BCUT2D eigenvalue weighted by atomic mass is 9.95. The molecule has 0 radical (unpaired) electrons. The largest absolute Gasteiger partial charge is 0.481 e. The Morgan fingerprint density at radius 1 is 0.486 bits per heavy atom. The maximum atomic E-state index is 13.7. The molecule has 0 saturated carbocycles. The van der Waals surface area contributed by atoms with Crippen molar-refractivity contribution < 1.29 is 111 Å². The van der Waals surface area contributed by atoms with E-state index in [1.54, 1.807) is 11.8 Å². The number of halogens is 1. The highest BCUT2D eigenvalue weighted by Gasteiger charge is 2.31. The second-order valence-corrected chi connectivity index (χ2v) is 28.3. The molecule has 4 unspecified atom stereocenters. The number of benzene rings is 3. The summed E-state index contributed by atoms with van der Waals surface area (Å²) in [6.45, 7) is 5.92. The minimum Gasteiger partial charge on any atom is -0.481 e. The number of allylic oxidation sites excluding steroid dienone is 1. The van der Waals surface area contributed by atoms with Crippen LogP contribution in [0, 0.1) is 3.57 Å². The number of carbonyl (C=O) groups excluding carboxylic acids is 8. The SMILES string of the molecule is C/C1=C/c2ccccc2N(C(=O)CCC(=O)NCCOCCOCCOCCOCCC(=O)NC(CCC(=O)NCCCCCC(=O)N[C@@H](CCC(=O)N[C@H](C)CCCOP(=O)(O)NC(CCC(=O)O)C(=O)O)C(=O)O)C(=O)NC(CCCCNC(=O)CCCc2ccc(I)cc2)C(=O)O)Cc2ccccc21. The van der Waals surface area contributed by atoms with Crippen molar-refractivity contribution in [2.45, 2.75) is 185 Å². The minimum atomic E-state index is -4.62. The van der Waals surface area contributed by atoms with E-state index in [-0.39, 0.29) is 161 Å². The first kappa shape index (κ1) is 91.1. The van der Waals surface area contributed by atoms with Gasteiger partial charge >= 0.3 is 31.6 Å². The maximum Gasteiger partial charge on any atom is 0.403 e. The molecule has 0 aromatic heterocycles. The molecule has 8 amide bonds. The van der Waals surface area contributed by atoms with Gasteiger partial charge in [0.05, 0.1) is 71.7 Å². The van der Waals surface area contributed by atoms with Crippen molar-refractivity contribution in [1.29, 1.82) is 0 Å². The molecule has 0 spiro atoms. The van der Waals surface area contributed by atoms with E-state index in [2.05, 4.69) is 72.8 Å².